The van der Waals surface area contributed by atoms with Crippen LogP contribution in [0.4, 0.5) is 0 Å². The molecule has 1 aromatic rings. The highest BCUT2D eigenvalue weighted by Gasteiger charge is 2.56. The van der Waals surface area contributed by atoms with E-state index in [2.05, 4.69) is 52.8 Å². The Kier molecular flexibility index (Phi) is 8.57. The summed E-state index contributed by atoms with van der Waals surface area (Å²) in [5.41, 5.74) is 3.30. The summed E-state index contributed by atoms with van der Waals surface area (Å²) in [6, 6.07) is 4.48. The van der Waals surface area contributed by atoms with Crippen molar-refractivity contribution in [1.29, 1.82) is 0 Å². The van der Waals surface area contributed by atoms with Crippen molar-refractivity contribution in [3.63, 3.8) is 0 Å². The number of hydrogen-bond donors (Lipinski definition) is 0. The third-order valence-corrected chi connectivity index (χ3v) is 8.91. The van der Waals surface area contributed by atoms with Gasteiger partial charge in [0.2, 0.25) is 0 Å². The molecule has 1 fully saturated rings. The second kappa shape index (κ2) is 10.8. The zero-order valence-electron chi connectivity index (χ0n) is 24.5. The number of ether oxygens (including phenoxy) is 3. The molecule has 4 rings (SSSR count). The van der Waals surface area contributed by atoms with Crippen LogP contribution >= 0.6 is 0 Å². The Morgan fingerprint density at radius 2 is 1.61 bits per heavy atom. The molecule has 3 aliphatic carbocycles. The highest BCUT2D eigenvalue weighted by molar-refractivity contribution is 5.75. The van der Waals surface area contributed by atoms with E-state index in [1.54, 1.807) is 14.2 Å². The normalized spacial score (nSPS) is 22.9. The molecule has 0 aromatic heterocycles. The Morgan fingerprint density at radius 3 is 2.11 bits per heavy atom. The van der Waals surface area contributed by atoms with Crippen molar-refractivity contribution >= 4 is 5.97 Å². The lowest BCUT2D eigenvalue weighted by atomic mass is 9.45. The number of carbonyl (C=O) groups is 1. The van der Waals surface area contributed by atoms with Crippen LogP contribution in [-0.2, 0) is 14.9 Å². The molecular weight excluding hydrogens is 448 g/mol. The molecule has 2 bridgehead atoms. The molecule has 1 saturated carbocycles. The minimum atomic E-state index is -0.502. The first-order valence-electron chi connectivity index (χ1n) is 13.9. The van der Waals surface area contributed by atoms with Crippen LogP contribution in [0.1, 0.15) is 111 Å². The van der Waals surface area contributed by atoms with Crippen molar-refractivity contribution in [2.75, 3.05) is 20.8 Å². The Balaban J connectivity index is 1.96. The molecule has 0 N–H and O–H groups in total. The van der Waals surface area contributed by atoms with Crippen LogP contribution in [0.3, 0.4) is 0 Å². The topological polar surface area (TPSA) is 44.8 Å². The van der Waals surface area contributed by atoms with Crippen LogP contribution in [0.5, 0.6) is 11.5 Å². The van der Waals surface area contributed by atoms with E-state index in [0.29, 0.717) is 18.4 Å². The van der Waals surface area contributed by atoms with E-state index >= 15 is 0 Å². The zero-order valence-corrected chi connectivity index (χ0v) is 24.5. The van der Waals surface area contributed by atoms with E-state index in [1.165, 1.54) is 36.8 Å². The Hall–Kier alpha value is -1.97. The van der Waals surface area contributed by atoms with Gasteiger partial charge in [-0.2, -0.15) is 0 Å². The van der Waals surface area contributed by atoms with Crippen LogP contribution in [-0.4, -0.2) is 26.8 Å². The number of benzene rings is 1. The van der Waals surface area contributed by atoms with Gasteiger partial charge in [-0.15, -0.1) is 0 Å². The number of unbranched alkanes of at least 4 members (excludes halogenated alkanes) is 3. The second-order valence-electron chi connectivity index (χ2n) is 13.3. The highest BCUT2D eigenvalue weighted by atomic mass is 16.5. The summed E-state index contributed by atoms with van der Waals surface area (Å²) in [5.74, 6) is 2.77. The van der Waals surface area contributed by atoms with Gasteiger partial charge < -0.3 is 14.2 Å². The van der Waals surface area contributed by atoms with Gasteiger partial charge in [0, 0.05) is 11.5 Å². The van der Waals surface area contributed by atoms with Crippen LogP contribution in [0.25, 0.3) is 0 Å². The van der Waals surface area contributed by atoms with E-state index in [9.17, 15) is 4.79 Å². The highest BCUT2D eigenvalue weighted by Crippen LogP contribution is 2.65. The summed E-state index contributed by atoms with van der Waals surface area (Å²) in [6.07, 6.45) is 9.64. The Labute approximate surface area is 220 Å². The van der Waals surface area contributed by atoms with Crippen molar-refractivity contribution in [3.8, 4) is 11.5 Å². The fourth-order valence-corrected chi connectivity index (χ4v) is 6.26. The van der Waals surface area contributed by atoms with E-state index in [0.717, 1.165) is 29.9 Å². The van der Waals surface area contributed by atoms with Crippen molar-refractivity contribution in [1.82, 2.24) is 0 Å². The first kappa shape index (κ1) is 28.6. The summed E-state index contributed by atoms with van der Waals surface area (Å²) < 4.78 is 17.9. The summed E-state index contributed by atoms with van der Waals surface area (Å²) in [4.78, 5) is 12.5. The Bertz CT molecular complexity index is 938. The molecule has 3 atom stereocenters. The van der Waals surface area contributed by atoms with Gasteiger partial charge in [-0.25, -0.2) is 0 Å². The lowest BCUT2D eigenvalue weighted by Gasteiger charge is -2.59. The number of fused-ring (bicyclic) bond motifs is 1. The van der Waals surface area contributed by atoms with Crippen LogP contribution in [0.2, 0.25) is 0 Å². The van der Waals surface area contributed by atoms with Crippen LogP contribution in [0, 0.1) is 22.7 Å². The summed E-state index contributed by atoms with van der Waals surface area (Å²) >= 11 is 0. The molecular formula is C32H50O4. The predicted molar refractivity (Wildman–Crippen MR) is 148 cm³/mol. The maximum absolute atomic E-state index is 12.5. The van der Waals surface area contributed by atoms with Gasteiger partial charge in [-0.05, 0) is 79.5 Å². The number of esters is 1. The second-order valence-corrected chi connectivity index (χ2v) is 13.3. The van der Waals surface area contributed by atoms with Crippen molar-refractivity contribution in [2.45, 2.75) is 105 Å². The number of carbonyl (C=O) groups excluding carboxylic acids is 1. The monoisotopic (exact) mass is 498 g/mol. The van der Waals surface area contributed by atoms with Crippen molar-refractivity contribution in [2.24, 2.45) is 22.7 Å². The van der Waals surface area contributed by atoms with Crippen LogP contribution < -0.4 is 9.47 Å². The predicted octanol–water partition coefficient (Wildman–Crippen LogP) is 8.23. The molecule has 0 heterocycles. The van der Waals surface area contributed by atoms with Crippen molar-refractivity contribution < 1.29 is 19.0 Å². The quantitative estimate of drug-likeness (QED) is 0.175. The summed E-state index contributed by atoms with van der Waals surface area (Å²) in [5, 5.41) is 0. The molecule has 202 valence electrons. The number of methoxy groups -OCH3 is 2. The minimum absolute atomic E-state index is 0.0440. The number of hydrogen-bond acceptors (Lipinski definition) is 4. The lowest BCUT2D eigenvalue weighted by molar-refractivity contribution is -0.152. The summed E-state index contributed by atoms with van der Waals surface area (Å²) in [7, 11) is 3.53. The van der Waals surface area contributed by atoms with Gasteiger partial charge in [0.15, 0.2) is 0 Å². The summed E-state index contributed by atoms with van der Waals surface area (Å²) in [6.45, 7) is 17.7. The average molecular weight is 499 g/mol. The molecule has 0 aliphatic heterocycles. The van der Waals surface area contributed by atoms with Gasteiger partial charge in [0.25, 0.3) is 0 Å². The third kappa shape index (κ3) is 5.63. The van der Waals surface area contributed by atoms with Gasteiger partial charge in [-0.3, -0.25) is 4.79 Å². The third-order valence-electron chi connectivity index (χ3n) is 8.91. The smallest absolute Gasteiger partial charge is 0.311 e. The molecule has 0 spiro atoms. The molecule has 4 nitrogen and oxygen atoms in total. The number of allylic oxidation sites excluding steroid dienone is 1. The maximum Gasteiger partial charge on any atom is 0.311 e. The first-order valence-corrected chi connectivity index (χ1v) is 13.9. The van der Waals surface area contributed by atoms with E-state index < -0.39 is 5.41 Å². The molecule has 0 radical (unpaired) electrons. The lowest BCUT2D eigenvalue weighted by Crippen LogP contribution is -2.52. The van der Waals surface area contributed by atoms with Gasteiger partial charge in [0.05, 0.1) is 19.6 Å². The first-order chi connectivity index (χ1) is 16.8. The largest absolute Gasteiger partial charge is 0.496 e. The SMILES string of the molecule is CCCCCCC(C)(C)c1cc(OC)c([C@@H]2C=C(COC(=O)C(C)(C)C)[C@@H]3C[C@H]2C3(C)C)c(OC)c1. The molecule has 0 amide bonds. The van der Waals surface area contributed by atoms with Gasteiger partial charge >= 0.3 is 5.97 Å². The van der Waals surface area contributed by atoms with Crippen molar-refractivity contribution in [3.05, 3.63) is 34.9 Å². The fourth-order valence-electron chi connectivity index (χ4n) is 6.26. The van der Waals surface area contributed by atoms with E-state index in [-0.39, 0.29) is 22.7 Å². The number of rotatable bonds is 11. The van der Waals surface area contributed by atoms with Crippen LogP contribution in [0.15, 0.2) is 23.8 Å². The molecule has 0 unspecified atom stereocenters. The maximum atomic E-state index is 12.5. The average Bonchev–Trinajstić information content (AvgIpc) is 2.82. The molecule has 3 aliphatic rings. The van der Waals surface area contributed by atoms with E-state index in [1.807, 2.05) is 20.8 Å². The van der Waals surface area contributed by atoms with Gasteiger partial charge in [0.1, 0.15) is 18.1 Å². The molecule has 0 saturated heterocycles. The zero-order chi connectivity index (χ0) is 26.9. The van der Waals surface area contributed by atoms with Gasteiger partial charge in [-0.1, -0.05) is 66.4 Å². The standard InChI is InChI=1S/C32H50O4/c1-11-12-13-14-15-31(5,6)22-17-26(34-9)28(27(18-22)35-10)23-16-21(20-36-29(33)30(2,3)4)24-19-25(23)32(24,7)8/h16-18,23-25H,11-15,19-20H2,1-10H3/t23-,24+,25-/m1/s1. The van der Waals surface area contributed by atoms with E-state index in [4.69, 9.17) is 14.2 Å². The minimum Gasteiger partial charge on any atom is -0.496 e. The molecule has 4 heteroatoms. The molecule has 36 heavy (non-hydrogen) atoms. The fraction of sp³-hybridized carbons (Fsp3) is 0.719. The molecule has 1 aromatic carbocycles. The Morgan fingerprint density at radius 1 is 1.00 bits per heavy atom.